The van der Waals surface area contributed by atoms with Crippen LogP contribution in [0.2, 0.25) is 0 Å². The van der Waals surface area contributed by atoms with Gasteiger partial charge < -0.3 is 14.5 Å². The Morgan fingerprint density at radius 2 is 2.12 bits per heavy atom. The molecule has 1 atom stereocenters. The zero-order valence-corrected chi connectivity index (χ0v) is 15.0. The molecule has 0 saturated carbocycles. The van der Waals surface area contributed by atoms with Gasteiger partial charge in [-0.1, -0.05) is 18.5 Å². The van der Waals surface area contributed by atoms with Crippen LogP contribution < -0.4 is 0 Å². The first-order chi connectivity index (χ1) is 12.7. The molecule has 1 unspecified atom stereocenters. The fraction of sp³-hybridized carbons (Fsp3) is 0.556. The molecule has 1 aliphatic rings. The zero-order chi connectivity index (χ0) is 18.4. The Labute approximate surface area is 152 Å². The summed E-state index contributed by atoms with van der Waals surface area (Å²) in [6, 6.07) is 4.07. The Kier molecular flexibility index (Phi) is 6.17. The fourth-order valence-corrected chi connectivity index (χ4v) is 3.58. The quantitative estimate of drug-likeness (QED) is 0.812. The molecule has 1 aliphatic heterocycles. The van der Waals surface area contributed by atoms with E-state index in [9.17, 15) is 9.90 Å². The highest BCUT2D eigenvalue weighted by molar-refractivity contribution is 5.65. The van der Waals surface area contributed by atoms with Crippen molar-refractivity contribution in [1.82, 2.24) is 24.9 Å². The van der Waals surface area contributed by atoms with Crippen molar-refractivity contribution in [2.45, 2.75) is 44.7 Å². The van der Waals surface area contributed by atoms with Crippen molar-refractivity contribution >= 4 is 6.09 Å². The topological polar surface area (TPSA) is 95.6 Å². The number of aromatic nitrogens is 3. The third kappa shape index (κ3) is 4.19. The number of pyridine rings is 1. The van der Waals surface area contributed by atoms with Gasteiger partial charge in [-0.25, -0.2) is 4.79 Å². The highest BCUT2D eigenvalue weighted by Crippen LogP contribution is 2.32. The van der Waals surface area contributed by atoms with Gasteiger partial charge in [-0.15, -0.1) is 0 Å². The molecule has 2 aromatic rings. The van der Waals surface area contributed by atoms with Crippen LogP contribution in [0.3, 0.4) is 0 Å². The second-order valence-electron chi connectivity index (χ2n) is 6.55. The molecule has 140 valence electrons. The van der Waals surface area contributed by atoms with Crippen molar-refractivity contribution in [3.8, 4) is 0 Å². The predicted molar refractivity (Wildman–Crippen MR) is 94.6 cm³/mol. The minimum atomic E-state index is -0.842. The molecule has 8 nitrogen and oxygen atoms in total. The highest BCUT2D eigenvalue weighted by Gasteiger charge is 2.34. The molecule has 8 heteroatoms. The standard InChI is InChI=1S/C18H25N5O3/c1-2-3-10-23(15-6-11-22(12-7-15)18(24)25)16(17-20-13-21-26-17)14-4-8-19-9-5-14/h4-5,8-9,13,15-16H,2-3,6-7,10-12H2,1H3,(H,24,25). The van der Waals surface area contributed by atoms with E-state index in [1.807, 2.05) is 12.1 Å². The zero-order valence-electron chi connectivity index (χ0n) is 15.0. The maximum atomic E-state index is 11.2. The molecule has 1 amide bonds. The number of rotatable bonds is 7. The fourth-order valence-electron chi connectivity index (χ4n) is 3.58. The first-order valence-electron chi connectivity index (χ1n) is 9.10. The third-order valence-corrected chi connectivity index (χ3v) is 4.94. The highest BCUT2D eigenvalue weighted by atomic mass is 16.5. The molecule has 1 fully saturated rings. The third-order valence-electron chi connectivity index (χ3n) is 4.94. The van der Waals surface area contributed by atoms with E-state index in [1.165, 1.54) is 11.2 Å². The lowest BCUT2D eigenvalue weighted by atomic mass is 9.97. The number of hydrogen-bond donors (Lipinski definition) is 1. The van der Waals surface area contributed by atoms with Crippen molar-refractivity contribution < 1.29 is 14.4 Å². The van der Waals surface area contributed by atoms with E-state index < -0.39 is 6.09 Å². The predicted octanol–water partition coefficient (Wildman–Crippen LogP) is 2.80. The average Bonchev–Trinajstić information content (AvgIpc) is 3.20. The first kappa shape index (κ1) is 18.3. The summed E-state index contributed by atoms with van der Waals surface area (Å²) in [5.74, 6) is 0.563. The molecule has 26 heavy (non-hydrogen) atoms. The van der Waals surface area contributed by atoms with Crippen LogP contribution in [0.5, 0.6) is 0 Å². The number of amides is 1. The Balaban J connectivity index is 1.87. The number of nitrogens with zero attached hydrogens (tertiary/aromatic N) is 5. The molecule has 0 aliphatic carbocycles. The minimum Gasteiger partial charge on any atom is -0.465 e. The summed E-state index contributed by atoms with van der Waals surface area (Å²) < 4.78 is 5.43. The average molecular weight is 359 g/mol. The summed E-state index contributed by atoms with van der Waals surface area (Å²) in [5.41, 5.74) is 1.06. The molecule has 0 spiro atoms. The minimum absolute atomic E-state index is 0.145. The van der Waals surface area contributed by atoms with Crippen molar-refractivity contribution in [3.05, 3.63) is 42.3 Å². The van der Waals surface area contributed by atoms with Crippen LogP contribution >= 0.6 is 0 Å². The molecular formula is C18H25N5O3. The number of unbranched alkanes of at least 4 members (excludes halogenated alkanes) is 1. The van der Waals surface area contributed by atoms with E-state index in [1.54, 1.807) is 12.4 Å². The summed E-state index contributed by atoms with van der Waals surface area (Å²) in [4.78, 5) is 23.5. The largest absolute Gasteiger partial charge is 0.465 e. The van der Waals surface area contributed by atoms with Gasteiger partial charge in [0.1, 0.15) is 6.04 Å². The van der Waals surface area contributed by atoms with E-state index in [0.29, 0.717) is 19.0 Å². The van der Waals surface area contributed by atoms with E-state index >= 15 is 0 Å². The number of carbonyl (C=O) groups is 1. The first-order valence-corrected chi connectivity index (χ1v) is 9.10. The van der Waals surface area contributed by atoms with Crippen molar-refractivity contribution in [2.75, 3.05) is 19.6 Å². The summed E-state index contributed by atoms with van der Waals surface area (Å²) in [6.07, 6.45) is 7.84. The second kappa shape index (κ2) is 8.75. The molecule has 1 saturated heterocycles. The van der Waals surface area contributed by atoms with Crippen molar-refractivity contribution in [3.63, 3.8) is 0 Å². The van der Waals surface area contributed by atoms with E-state index in [0.717, 1.165) is 37.8 Å². The number of likely N-dealkylation sites (tertiary alicyclic amines) is 1. The van der Waals surface area contributed by atoms with Gasteiger partial charge in [0.2, 0.25) is 5.89 Å². The Bertz CT molecular complexity index is 671. The van der Waals surface area contributed by atoms with Gasteiger partial charge in [-0.2, -0.15) is 4.98 Å². The van der Waals surface area contributed by atoms with Crippen molar-refractivity contribution in [2.24, 2.45) is 0 Å². The lowest BCUT2D eigenvalue weighted by molar-refractivity contribution is 0.0693. The smallest absolute Gasteiger partial charge is 0.407 e. The van der Waals surface area contributed by atoms with Crippen LogP contribution in [0.15, 0.2) is 35.4 Å². The maximum absolute atomic E-state index is 11.2. The molecule has 2 aromatic heterocycles. The van der Waals surface area contributed by atoms with Crippen LogP contribution in [0.4, 0.5) is 4.79 Å². The number of hydrogen-bond acceptors (Lipinski definition) is 6. The summed E-state index contributed by atoms with van der Waals surface area (Å²) in [7, 11) is 0. The molecule has 0 aromatic carbocycles. The van der Waals surface area contributed by atoms with Crippen LogP contribution in [0.1, 0.15) is 50.1 Å². The molecule has 3 rings (SSSR count). The summed E-state index contributed by atoms with van der Waals surface area (Å²) in [5, 5.41) is 13.0. The van der Waals surface area contributed by atoms with Gasteiger partial charge in [0.15, 0.2) is 6.33 Å². The van der Waals surface area contributed by atoms with Gasteiger partial charge in [0.05, 0.1) is 0 Å². The molecule has 0 bridgehead atoms. The number of piperidine rings is 1. The monoisotopic (exact) mass is 359 g/mol. The van der Waals surface area contributed by atoms with Crippen molar-refractivity contribution in [1.29, 1.82) is 0 Å². The molecule has 3 heterocycles. The van der Waals surface area contributed by atoms with E-state index in [2.05, 4.69) is 26.9 Å². The van der Waals surface area contributed by atoms with Crippen LogP contribution in [-0.4, -0.2) is 61.8 Å². The van der Waals surface area contributed by atoms with E-state index in [4.69, 9.17) is 4.52 Å². The van der Waals surface area contributed by atoms with Crippen LogP contribution in [0, 0.1) is 0 Å². The van der Waals surface area contributed by atoms with Crippen LogP contribution in [0.25, 0.3) is 0 Å². The lowest BCUT2D eigenvalue weighted by Crippen LogP contribution is -2.48. The summed E-state index contributed by atoms with van der Waals surface area (Å²) >= 11 is 0. The van der Waals surface area contributed by atoms with Gasteiger partial charge in [-0.05, 0) is 43.5 Å². The maximum Gasteiger partial charge on any atom is 0.407 e. The van der Waals surface area contributed by atoms with E-state index in [-0.39, 0.29) is 12.1 Å². The van der Waals surface area contributed by atoms with Gasteiger partial charge in [0.25, 0.3) is 0 Å². The second-order valence-corrected chi connectivity index (χ2v) is 6.55. The van der Waals surface area contributed by atoms with Crippen LogP contribution in [-0.2, 0) is 0 Å². The Morgan fingerprint density at radius 1 is 1.38 bits per heavy atom. The van der Waals surface area contributed by atoms with Gasteiger partial charge >= 0.3 is 6.09 Å². The normalized spacial score (nSPS) is 16.8. The Hall–Kier alpha value is -2.48. The van der Waals surface area contributed by atoms with Gasteiger partial charge in [0, 0.05) is 31.5 Å². The molecular weight excluding hydrogens is 334 g/mol. The SMILES string of the molecule is CCCCN(C1CCN(C(=O)O)CC1)C(c1ccncc1)c1ncno1. The van der Waals surface area contributed by atoms with Gasteiger partial charge in [-0.3, -0.25) is 9.88 Å². The molecule has 0 radical (unpaired) electrons. The molecule has 1 N–H and O–H groups in total. The number of carboxylic acid groups (broad SMARTS) is 1. The lowest BCUT2D eigenvalue weighted by Gasteiger charge is -2.40. The summed E-state index contributed by atoms with van der Waals surface area (Å²) in [6.45, 7) is 4.16. The Morgan fingerprint density at radius 3 is 2.69 bits per heavy atom.